The first-order valence-electron chi connectivity index (χ1n) is 12.1. The summed E-state index contributed by atoms with van der Waals surface area (Å²) < 4.78 is 1.42. The summed E-state index contributed by atoms with van der Waals surface area (Å²) in [5.74, 6) is 4.46. The van der Waals surface area contributed by atoms with Crippen molar-refractivity contribution in [3.05, 3.63) is 77.8 Å². The van der Waals surface area contributed by atoms with Crippen LogP contribution in [0, 0.1) is 0 Å². The van der Waals surface area contributed by atoms with Crippen LogP contribution >= 0.6 is 0 Å². The van der Waals surface area contributed by atoms with Crippen molar-refractivity contribution in [1.82, 2.24) is 29.8 Å². The lowest BCUT2D eigenvalue weighted by Gasteiger charge is -2.41. The number of pyridine rings is 1. The molecule has 5 heterocycles. The number of aromatic nitrogens is 4. The van der Waals surface area contributed by atoms with Crippen LogP contribution in [0.5, 0.6) is 0 Å². The van der Waals surface area contributed by atoms with E-state index in [1.807, 2.05) is 22.8 Å². The van der Waals surface area contributed by atoms with Gasteiger partial charge in [0.05, 0.1) is 23.6 Å². The standard InChI is InChI=1S/C26H23N9O3/c1-27-18-11-23(30-17-5-4-10-33(21(17)14-36)24-6-2-3-9-28-24)32-35-20(12-29-25(18)35)26(38)31-19-13-34(16-7-8-16)22(19)15-37/h2-6,9-12,16,19,27H,7-8,13H2,1H3,(H,30,32)(H,31,38)/t19-/m1/s1. The average Bonchev–Trinajstić information content (AvgIpc) is 3.68. The van der Waals surface area contributed by atoms with Crippen LogP contribution in [0.1, 0.15) is 23.3 Å². The summed E-state index contributed by atoms with van der Waals surface area (Å²) in [6.45, 7) is 0.578. The van der Waals surface area contributed by atoms with Gasteiger partial charge >= 0.3 is 0 Å². The quantitative estimate of drug-likeness (QED) is 0.402. The Morgan fingerprint density at radius 2 is 2.03 bits per heavy atom. The van der Waals surface area contributed by atoms with Crippen LogP contribution < -0.4 is 20.9 Å². The van der Waals surface area contributed by atoms with Gasteiger partial charge in [-0.25, -0.2) is 24.1 Å². The summed E-state index contributed by atoms with van der Waals surface area (Å²) in [6, 6.07) is 7.11. The highest BCUT2D eigenvalue weighted by Gasteiger charge is 2.43. The minimum Gasteiger partial charge on any atom is -0.385 e. The lowest BCUT2D eigenvalue weighted by Crippen LogP contribution is -2.58. The van der Waals surface area contributed by atoms with Gasteiger partial charge in [0.1, 0.15) is 17.5 Å². The number of nitrogens with one attached hydrogen (secondary N) is 3. The van der Waals surface area contributed by atoms with Crippen LogP contribution in [-0.2, 0) is 9.59 Å². The highest BCUT2D eigenvalue weighted by Crippen LogP contribution is 2.36. The van der Waals surface area contributed by atoms with Gasteiger partial charge in [0.2, 0.25) is 0 Å². The molecular weight excluding hydrogens is 486 g/mol. The van der Waals surface area contributed by atoms with Crippen LogP contribution in [-0.4, -0.2) is 67.9 Å². The van der Waals surface area contributed by atoms with Crippen LogP contribution in [0.4, 0.5) is 17.3 Å². The van der Waals surface area contributed by atoms with Crippen molar-refractivity contribution in [3.8, 4) is 0 Å². The predicted molar refractivity (Wildman–Crippen MR) is 139 cm³/mol. The Balaban J connectivity index is 1.27. The van der Waals surface area contributed by atoms with Crippen molar-refractivity contribution in [1.29, 1.82) is 0 Å². The average molecular weight is 510 g/mol. The monoisotopic (exact) mass is 509 g/mol. The molecule has 3 aromatic rings. The Hall–Kier alpha value is -5.18. The molecule has 12 heteroatoms. The first kappa shape index (κ1) is 23.2. The molecule has 1 amide bonds. The second kappa shape index (κ2) is 9.36. The number of fused-ring (bicyclic) bond motifs is 1. The zero-order chi connectivity index (χ0) is 26.2. The number of nitrogens with zero attached hydrogens (tertiary/aromatic N) is 6. The van der Waals surface area contributed by atoms with Crippen LogP contribution in [0.2, 0.25) is 0 Å². The molecule has 2 aliphatic heterocycles. The Morgan fingerprint density at radius 1 is 1.16 bits per heavy atom. The lowest BCUT2D eigenvalue weighted by atomic mass is 10.0. The van der Waals surface area contributed by atoms with Gasteiger partial charge in [0.15, 0.2) is 28.8 Å². The van der Waals surface area contributed by atoms with E-state index in [1.165, 1.54) is 10.7 Å². The first-order valence-corrected chi connectivity index (χ1v) is 12.1. The summed E-state index contributed by atoms with van der Waals surface area (Å²) >= 11 is 0. The number of anilines is 3. The second-order valence-corrected chi connectivity index (χ2v) is 9.02. The van der Waals surface area contributed by atoms with Crippen molar-refractivity contribution in [2.24, 2.45) is 0 Å². The molecule has 0 aromatic carbocycles. The molecular formula is C26H23N9O3. The molecule has 38 heavy (non-hydrogen) atoms. The number of hydrogen-bond donors (Lipinski definition) is 3. The summed E-state index contributed by atoms with van der Waals surface area (Å²) in [6.07, 6.45) is 10.4. The molecule has 0 unspecified atom stereocenters. The van der Waals surface area contributed by atoms with Gasteiger partial charge < -0.3 is 20.9 Å². The Kier molecular flexibility index (Phi) is 5.72. The van der Waals surface area contributed by atoms with Gasteiger partial charge in [-0.2, -0.15) is 0 Å². The number of imidazole rings is 1. The van der Waals surface area contributed by atoms with Gasteiger partial charge in [-0.3, -0.25) is 9.69 Å². The number of hydrogen-bond acceptors (Lipinski definition) is 10. The molecule has 1 saturated heterocycles. The predicted octanol–water partition coefficient (Wildman–Crippen LogP) is 1.50. The molecule has 0 bridgehead atoms. The number of amides is 1. The number of carbonyl (C=O) groups is 1. The van der Waals surface area contributed by atoms with Gasteiger partial charge in [-0.15, -0.1) is 5.10 Å². The Bertz CT molecular complexity index is 1590. The van der Waals surface area contributed by atoms with Crippen molar-refractivity contribution in [2.75, 3.05) is 29.1 Å². The minimum atomic E-state index is -0.410. The van der Waals surface area contributed by atoms with Crippen molar-refractivity contribution in [2.45, 2.75) is 24.9 Å². The van der Waals surface area contributed by atoms with Gasteiger partial charge in [0.25, 0.3) is 5.91 Å². The fraction of sp³-hybridized carbons (Fsp3) is 0.231. The van der Waals surface area contributed by atoms with Crippen LogP contribution in [0.25, 0.3) is 5.65 Å². The third-order valence-corrected chi connectivity index (χ3v) is 6.64. The molecule has 1 aliphatic carbocycles. The highest BCUT2D eigenvalue weighted by atomic mass is 16.2. The third-order valence-electron chi connectivity index (χ3n) is 6.64. The number of likely N-dealkylation sites (tertiary alicyclic amines) is 1. The lowest BCUT2D eigenvalue weighted by molar-refractivity contribution is 0.0886. The minimum absolute atomic E-state index is 0.203. The van der Waals surface area contributed by atoms with E-state index in [9.17, 15) is 14.4 Å². The molecule has 1 atom stereocenters. The summed E-state index contributed by atoms with van der Waals surface area (Å²) in [5, 5.41) is 13.7. The second-order valence-electron chi connectivity index (χ2n) is 9.02. The molecule has 3 aliphatic rings. The number of carbonyl (C=O) groups excluding carboxylic acids is 3. The maximum Gasteiger partial charge on any atom is 0.272 e. The molecule has 3 aromatic heterocycles. The summed E-state index contributed by atoms with van der Waals surface area (Å²) in [4.78, 5) is 48.9. The van der Waals surface area contributed by atoms with Crippen molar-refractivity contribution < 1.29 is 14.4 Å². The summed E-state index contributed by atoms with van der Waals surface area (Å²) in [7, 11) is 1.73. The molecule has 6 rings (SSSR count). The normalized spacial score (nSPS) is 18.4. The van der Waals surface area contributed by atoms with Crippen LogP contribution in [0.3, 0.4) is 0 Å². The zero-order valence-electron chi connectivity index (χ0n) is 20.4. The van der Waals surface area contributed by atoms with Crippen molar-refractivity contribution in [3.63, 3.8) is 0 Å². The Morgan fingerprint density at radius 3 is 2.74 bits per heavy atom. The summed E-state index contributed by atoms with van der Waals surface area (Å²) in [5.41, 5.74) is 2.41. The van der Waals surface area contributed by atoms with E-state index in [0.717, 1.165) is 12.8 Å². The topological polar surface area (TPSA) is 137 Å². The SMILES string of the molecule is CNc1cc(NC2=CC=CN(c3ccccn3)C2=C=O)nn2c(C(=O)N[C@@H]3CN(C4CC4)C3=C=O)cnc12. The van der Waals surface area contributed by atoms with E-state index in [4.69, 9.17) is 0 Å². The molecule has 190 valence electrons. The maximum absolute atomic E-state index is 13.2. The Labute approximate surface area is 217 Å². The van der Waals surface area contributed by atoms with Crippen molar-refractivity contribution >= 4 is 40.8 Å². The molecule has 1 saturated carbocycles. The van der Waals surface area contributed by atoms with Gasteiger partial charge in [0, 0.05) is 38.1 Å². The number of rotatable bonds is 7. The fourth-order valence-corrected chi connectivity index (χ4v) is 4.58. The smallest absolute Gasteiger partial charge is 0.272 e. The fourth-order valence-electron chi connectivity index (χ4n) is 4.58. The zero-order valence-corrected chi connectivity index (χ0v) is 20.4. The molecule has 12 nitrogen and oxygen atoms in total. The first-order chi connectivity index (χ1) is 18.6. The van der Waals surface area contributed by atoms with Crippen LogP contribution in [0.15, 0.2) is 72.1 Å². The molecule has 0 radical (unpaired) electrons. The van der Waals surface area contributed by atoms with Gasteiger partial charge in [-0.1, -0.05) is 6.07 Å². The maximum atomic E-state index is 13.2. The third kappa shape index (κ3) is 4.00. The molecule has 0 spiro atoms. The van der Waals surface area contributed by atoms with E-state index in [2.05, 4.69) is 31.0 Å². The number of allylic oxidation sites excluding steroid dienone is 2. The van der Waals surface area contributed by atoms with Gasteiger partial charge in [-0.05, 0) is 37.1 Å². The van der Waals surface area contributed by atoms with E-state index >= 15 is 0 Å². The highest BCUT2D eigenvalue weighted by molar-refractivity contribution is 5.94. The van der Waals surface area contributed by atoms with E-state index in [0.29, 0.717) is 47.0 Å². The molecule has 2 fully saturated rings. The van der Waals surface area contributed by atoms with E-state index in [1.54, 1.807) is 54.7 Å². The van der Waals surface area contributed by atoms with E-state index in [-0.39, 0.29) is 11.4 Å². The van der Waals surface area contributed by atoms with E-state index < -0.39 is 11.9 Å². The largest absolute Gasteiger partial charge is 0.385 e. The molecule has 3 N–H and O–H groups in total.